The van der Waals surface area contributed by atoms with Crippen LogP contribution in [-0.2, 0) is 5.41 Å². The van der Waals surface area contributed by atoms with Crippen LogP contribution in [0.1, 0.15) is 25.0 Å². The van der Waals surface area contributed by atoms with Gasteiger partial charge in [-0.2, -0.15) is 0 Å². The maximum absolute atomic E-state index is 6.58. The average molecular weight is 774 g/mol. The highest BCUT2D eigenvalue weighted by molar-refractivity contribution is 7.25. The minimum absolute atomic E-state index is 0.0848. The lowest BCUT2D eigenvalue weighted by Crippen LogP contribution is -2.14. The van der Waals surface area contributed by atoms with Crippen molar-refractivity contribution in [3.05, 3.63) is 187 Å². The Hall–Kier alpha value is -7.21. The number of rotatable bonds is 5. The Balaban J connectivity index is 1.06. The number of furan rings is 1. The fourth-order valence-electron chi connectivity index (χ4n) is 9.24. The van der Waals surface area contributed by atoms with Crippen molar-refractivity contribution in [2.24, 2.45) is 0 Å². The van der Waals surface area contributed by atoms with Gasteiger partial charge in [-0.25, -0.2) is 15.0 Å². The molecular weight excluding hydrogens is 739 g/mol. The Morgan fingerprint density at radius 1 is 0.407 bits per heavy atom. The van der Waals surface area contributed by atoms with Crippen molar-refractivity contribution in [1.82, 2.24) is 15.0 Å². The Labute approximate surface area is 345 Å². The second kappa shape index (κ2) is 12.9. The average Bonchev–Trinajstić information content (AvgIpc) is 3.93. The first-order valence-electron chi connectivity index (χ1n) is 20.0. The molecule has 0 fully saturated rings. The largest absolute Gasteiger partial charge is 0.456 e. The zero-order valence-electron chi connectivity index (χ0n) is 32.4. The molecule has 0 radical (unpaired) electrons. The molecule has 1 aliphatic carbocycles. The lowest BCUT2D eigenvalue weighted by Gasteiger charge is -2.21. The van der Waals surface area contributed by atoms with Crippen LogP contribution in [0.15, 0.2) is 180 Å². The van der Waals surface area contributed by atoms with E-state index < -0.39 is 0 Å². The van der Waals surface area contributed by atoms with Crippen LogP contribution in [-0.4, -0.2) is 15.0 Å². The summed E-state index contributed by atoms with van der Waals surface area (Å²) in [6.45, 7) is 4.66. The number of hydrogen-bond donors (Lipinski definition) is 0. The molecule has 278 valence electrons. The van der Waals surface area contributed by atoms with E-state index in [0.717, 1.165) is 49.8 Å². The third kappa shape index (κ3) is 5.32. The Bertz CT molecular complexity index is 3470. The minimum atomic E-state index is -0.0848. The summed E-state index contributed by atoms with van der Waals surface area (Å²) in [4.78, 5) is 15.7. The summed E-state index contributed by atoms with van der Waals surface area (Å²) in [5.74, 6) is 1.84. The monoisotopic (exact) mass is 773 g/mol. The van der Waals surface area contributed by atoms with Crippen LogP contribution in [0.5, 0.6) is 0 Å². The van der Waals surface area contributed by atoms with Crippen LogP contribution < -0.4 is 0 Å². The van der Waals surface area contributed by atoms with Gasteiger partial charge in [-0.05, 0) is 87.0 Å². The van der Waals surface area contributed by atoms with Crippen LogP contribution in [0.2, 0.25) is 0 Å². The Kier molecular flexibility index (Phi) is 7.41. The van der Waals surface area contributed by atoms with Gasteiger partial charge in [0.2, 0.25) is 0 Å². The quantitative estimate of drug-likeness (QED) is 0.175. The van der Waals surface area contributed by atoms with E-state index >= 15 is 0 Å². The number of nitrogens with zero attached hydrogens (tertiary/aromatic N) is 3. The summed E-state index contributed by atoms with van der Waals surface area (Å²) in [5.41, 5.74) is 14.3. The lowest BCUT2D eigenvalue weighted by molar-refractivity contribution is 0.660. The van der Waals surface area contributed by atoms with Gasteiger partial charge in [0.1, 0.15) is 11.2 Å². The van der Waals surface area contributed by atoms with Crippen molar-refractivity contribution in [3.63, 3.8) is 0 Å². The molecule has 0 N–H and O–H groups in total. The molecule has 4 nitrogen and oxygen atoms in total. The second-order valence-corrected chi connectivity index (χ2v) is 17.0. The van der Waals surface area contributed by atoms with E-state index in [2.05, 4.69) is 172 Å². The van der Waals surface area contributed by atoms with Crippen molar-refractivity contribution in [2.45, 2.75) is 19.3 Å². The number of hydrogen-bond acceptors (Lipinski definition) is 5. The van der Waals surface area contributed by atoms with E-state index in [1.165, 1.54) is 53.6 Å². The molecule has 0 amide bonds. The smallest absolute Gasteiger partial charge is 0.164 e. The fourth-order valence-corrected chi connectivity index (χ4v) is 10.3. The van der Waals surface area contributed by atoms with Crippen molar-refractivity contribution in [1.29, 1.82) is 0 Å². The molecule has 11 aromatic rings. The van der Waals surface area contributed by atoms with Gasteiger partial charge >= 0.3 is 0 Å². The normalized spacial score (nSPS) is 13.1. The Morgan fingerprint density at radius 2 is 1.02 bits per heavy atom. The summed E-state index contributed by atoms with van der Waals surface area (Å²) >= 11 is 1.81. The van der Waals surface area contributed by atoms with E-state index in [9.17, 15) is 0 Å². The van der Waals surface area contributed by atoms with Crippen molar-refractivity contribution < 1.29 is 4.42 Å². The highest BCUT2D eigenvalue weighted by Gasteiger charge is 2.36. The maximum Gasteiger partial charge on any atom is 0.164 e. The van der Waals surface area contributed by atoms with Crippen LogP contribution in [0.4, 0.5) is 0 Å². The third-order valence-corrected chi connectivity index (χ3v) is 13.3. The van der Waals surface area contributed by atoms with Gasteiger partial charge in [0.05, 0.1) is 0 Å². The van der Waals surface area contributed by atoms with Crippen LogP contribution in [0, 0.1) is 0 Å². The topological polar surface area (TPSA) is 51.8 Å². The summed E-state index contributed by atoms with van der Waals surface area (Å²) in [7, 11) is 0. The molecule has 1 aliphatic rings. The van der Waals surface area contributed by atoms with Crippen LogP contribution >= 0.6 is 11.3 Å². The molecule has 0 atom stereocenters. The molecular formula is C54H35N3OS. The number of fused-ring (bicyclic) bond motifs is 9. The predicted octanol–water partition coefficient (Wildman–Crippen LogP) is 14.8. The van der Waals surface area contributed by atoms with Gasteiger partial charge in [0.25, 0.3) is 0 Å². The van der Waals surface area contributed by atoms with Crippen LogP contribution in [0.25, 0.3) is 110 Å². The van der Waals surface area contributed by atoms with Crippen LogP contribution in [0.3, 0.4) is 0 Å². The van der Waals surface area contributed by atoms with Gasteiger partial charge in [-0.15, -0.1) is 11.3 Å². The molecule has 0 bridgehead atoms. The van der Waals surface area contributed by atoms with Gasteiger partial charge < -0.3 is 4.42 Å². The standard InChI is InChI=1S/C54H35N3OS/c1-54(2)43-18-8-6-15-39(43)49-37(16-10-19-44(49)54)35-26-28-45-42(30-35)50-40(17-11-20-46(50)58-45)53-56-51(34-24-22-33(23-25-34)32-12-4-3-5-13-32)55-52(57-53)36-27-29-48-41(31-36)38-14-7-9-21-47(38)59-48/h3-31H,1-2H3. The molecule has 0 saturated heterocycles. The van der Waals surface area contributed by atoms with Gasteiger partial charge in [0, 0.05) is 53.1 Å². The molecule has 5 heteroatoms. The first-order valence-corrected chi connectivity index (χ1v) is 20.8. The number of aromatic nitrogens is 3. The molecule has 3 heterocycles. The minimum Gasteiger partial charge on any atom is -0.456 e. The SMILES string of the molecule is CC1(C)c2ccccc2-c2c(-c3ccc4oc5cccc(-c6nc(-c7ccc(-c8ccccc8)cc7)nc(-c7ccc8sc9ccccc9c8c7)n6)c5c4c3)cccc21. The first-order chi connectivity index (χ1) is 29.0. The van der Waals surface area contributed by atoms with Crippen molar-refractivity contribution >= 4 is 53.4 Å². The van der Waals surface area contributed by atoms with E-state index in [-0.39, 0.29) is 5.41 Å². The summed E-state index contributed by atoms with van der Waals surface area (Å²) in [5, 5.41) is 4.45. The van der Waals surface area contributed by atoms with E-state index in [0.29, 0.717) is 17.5 Å². The van der Waals surface area contributed by atoms with Crippen molar-refractivity contribution in [2.75, 3.05) is 0 Å². The maximum atomic E-state index is 6.58. The summed E-state index contributed by atoms with van der Waals surface area (Å²) < 4.78 is 9.09. The molecule has 59 heavy (non-hydrogen) atoms. The van der Waals surface area contributed by atoms with E-state index in [1.54, 1.807) is 0 Å². The zero-order chi connectivity index (χ0) is 39.2. The molecule has 12 rings (SSSR count). The molecule has 0 aliphatic heterocycles. The number of thiophene rings is 1. The molecule has 0 spiro atoms. The zero-order valence-corrected chi connectivity index (χ0v) is 33.2. The van der Waals surface area contributed by atoms with Gasteiger partial charge in [-0.3, -0.25) is 0 Å². The molecule has 0 unspecified atom stereocenters. The fraction of sp³-hybridized carbons (Fsp3) is 0.0556. The molecule has 3 aromatic heterocycles. The van der Waals surface area contributed by atoms with E-state index in [4.69, 9.17) is 19.4 Å². The first kappa shape index (κ1) is 33.9. The summed E-state index contributed by atoms with van der Waals surface area (Å²) in [6.07, 6.45) is 0. The lowest BCUT2D eigenvalue weighted by atomic mass is 9.82. The molecule has 8 aromatic carbocycles. The van der Waals surface area contributed by atoms with Crippen molar-refractivity contribution in [3.8, 4) is 67.5 Å². The van der Waals surface area contributed by atoms with Gasteiger partial charge in [-0.1, -0.05) is 147 Å². The third-order valence-electron chi connectivity index (χ3n) is 12.2. The van der Waals surface area contributed by atoms with Gasteiger partial charge in [0.15, 0.2) is 17.5 Å². The molecule has 0 saturated carbocycles. The highest BCUT2D eigenvalue weighted by atomic mass is 32.1. The Morgan fingerprint density at radius 3 is 1.90 bits per heavy atom. The van der Waals surface area contributed by atoms with E-state index in [1.807, 2.05) is 29.5 Å². The second-order valence-electron chi connectivity index (χ2n) is 15.9. The number of benzene rings is 8. The summed E-state index contributed by atoms with van der Waals surface area (Å²) in [6, 6.07) is 62.4. The highest BCUT2D eigenvalue weighted by Crippen LogP contribution is 2.52. The predicted molar refractivity (Wildman–Crippen MR) is 245 cm³/mol.